The third kappa shape index (κ3) is 4.12. The Morgan fingerprint density at radius 1 is 1.00 bits per heavy atom. The van der Waals surface area contributed by atoms with E-state index in [0.717, 1.165) is 11.1 Å². The van der Waals surface area contributed by atoms with E-state index in [2.05, 4.69) is 25.6 Å². The van der Waals surface area contributed by atoms with Gasteiger partial charge in [-0.3, -0.25) is 4.98 Å². The molecule has 0 fully saturated rings. The highest BCUT2D eigenvalue weighted by Gasteiger charge is 2.26. The van der Waals surface area contributed by atoms with Gasteiger partial charge in [-0.25, -0.2) is 8.42 Å². The molecule has 0 radical (unpaired) electrons. The summed E-state index contributed by atoms with van der Waals surface area (Å²) < 4.78 is 34.9. The third-order valence-electron chi connectivity index (χ3n) is 3.86. The first-order valence-corrected chi connectivity index (χ1v) is 10.1. The molecular weight excluding hydrogens is 416 g/mol. The summed E-state index contributed by atoms with van der Waals surface area (Å²) in [7, 11) is -2.40. The average molecular weight is 433 g/mol. The van der Waals surface area contributed by atoms with Crippen LogP contribution < -0.4 is 9.46 Å². The highest BCUT2D eigenvalue weighted by atomic mass is 79.9. The van der Waals surface area contributed by atoms with Crippen molar-refractivity contribution >= 4 is 26.0 Å². The van der Waals surface area contributed by atoms with Crippen LogP contribution in [0.25, 0.3) is 0 Å². The number of aromatic nitrogens is 1. The molecule has 0 spiro atoms. The van der Waals surface area contributed by atoms with E-state index < -0.39 is 16.1 Å². The molecule has 5 nitrogen and oxygen atoms in total. The highest BCUT2D eigenvalue weighted by molar-refractivity contribution is 9.10. The van der Waals surface area contributed by atoms with Gasteiger partial charge in [0.25, 0.3) is 0 Å². The summed E-state index contributed by atoms with van der Waals surface area (Å²) in [6, 6.07) is 17.3. The van der Waals surface area contributed by atoms with Gasteiger partial charge in [0.15, 0.2) is 0 Å². The molecule has 134 valence electrons. The van der Waals surface area contributed by atoms with E-state index in [1.165, 1.54) is 13.2 Å². The number of rotatable bonds is 6. The van der Waals surface area contributed by atoms with Gasteiger partial charge in [0.2, 0.25) is 10.0 Å². The van der Waals surface area contributed by atoms with Crippen LogP contribution in [0.5, 0.6) is 5.75 Å². The number of ether oxygens (including phenoxy) is 1. The van der Waals surface area contributed by atoms with Crippen molar-refractivity contribution in [2.24, 2.45) is 0 Å². The number of nitrogens with one attached hydrogen (secondary N) is 1. The van der Waals surface area contributed by atoms with Gasteiger partial charge in [0.1, 0.15) is 10.6 Å². The Bertz CT molecular complexity index is 941. The van der Waals surface area contributed by atoms with Crippen molar-refractivity contribution in [1.82, 2.24) is 9.71 Å². The topological polar surface area (TPSA) is 68.3 Å². The second kappa shape index (κ2) is 7.99. The summed E-state index contributed by atoms with van der Waals surface area (Å²) in [6.07, 6.45) is 3.28. The van der Waals surface area contributed by atoms with E-state index in [4.69, 9.17) is 4.74 Å². The summed E-state index contributed by atoms with van der Waals surface area (Å²) in [4.78, 5) is 4.09. The summed E-state index contributed by atoms with van der Waals surface area (Å²) in [5, 5.41) is 0. The molecule has 0 saturated carbocycles. The average Bonchev–Trinajstić information content (AvgIpc) is 2.67. The van der Waals surface area contributed by atoms with E-state index in [1.807, 2.05) is 30.3 Å². The Morgan fingerprint density at radius 3 is 2.31 bits per heavy atom. The van der Waals surface area contributed by atoms with Crippen molar-refractivity contribution in [1.29, 1.82) is 0 Å². The zero-order valence-electron chi connectivity index (χ0n) is 14.0. The van der Waals surface area contributed by atoms with E-state index in [-0.39, 0.29) is 10.6 Å². The van der Waals surface area contributed by atoms with E-state index >= 15 is 0 Å². The molecule has 3 aromatic rings. The summed E-state index contributed by atoms with van der Waals surface area (Å²) in [5.41, 5.74) is 1.62. The summed E-state index contributed by atoms with van der Waals surface area (Å²) in [6.45, 7) is 0. The molecule has 0 aliphatic heterocycles. The Balaban J connectivity index is 2.06. The minimum absolute atomic E-state index is 0.0735. The number of sulfonamides is 1. The second-order valence-electron chi connectivity index (χ2n) is 5.54. The van der Waals surface area contributed by atoms with Gasteiger partial charge < -0.3 is 4.74 Å². The fourth-order valence-electron chi connectivity index (χ4n) is 2.61. The van der Waals surface area contributed by atoms with Crippen LogP contribution in [0.15, 0.2) is 82.4 Å². The summed E-state index contributed by atoms with van der Waals surface area (Å²) >= 11 is 3.32. The Kier molecular flexibility index (Phi) is 5.70. The van der Waals surface area contributed by atoms with Gasteiger partial charge in [0.05, 0.1) is 13.2 Å². The molecule has 1 N–H and O–H groups in total. The van der Waals surface area contributed by atoms with Crippen LogP contribution in [-0.2, 0) is 10.0 Å². The molecule has 7 heteroatoms. The largest absolute Gasteiger partial charge is 0.495 e. The monoisotopic (exact) mass is 432 g/mol. The number of nitrogens with zero attached hydrogens (tertiary/aromatic N) is 1. The standard InChI is InChI=1S/C19H17BrN2O3S/c1-25-17-8-7-16(20)13-18(17)26(23,24)22-19(14-5-3-2-4-6-14)15-9-11-21-12-10-15/h2-13,19,22H,1H3. The van der Waals surface area contributed by atoms with Crippen LogP contribution in [0.4, 0.5) is 0 Å². The lowest BCUT2D eigenvalue weighted by molar-refractivity contribution is 0.402. The molecule has 1 aromatic heterocycles. The first kappa shape index (κ1) is 18.6. The second-order valence-corrected chi connectivity index (χ2v) is 8.14. The maximum atomic E-state index is 13.1. The van der Waals surface area contributed by atoms with Crippen LogP contribution in [0.2, 0.25) is 0 Å². The van der Waals surface area contributed by atoms with Gasteiger partial charge in [-0.2, -0.15) is 4.72 Å². The van der Waals surface area contributed by atoms with Crippen LogP contribution in [0.3, 0.4) is 0 Å². The van der Waals surface area contributed by atoms with Crippen LogP contribution >= 0.6 is 15.9 Å². The predicted molar refractivity (Wildman–Crippen MR) is 104 cm³/mol. The van der Waals surface area contributed by atoms with E-state index in [1.54, 1.807) is 36.7 Å². The van der Waals surface area contributed by atoms with Crippen LogP contribution in [0.1, 0.15) is 17.2 Å². The molecular formula is C19H17BrN2O3S. The smallest absolute Gasteiger partial charge is 0.245 e. The lowest BCUT2D eigenvalue weighted by atomic mass is 10.0. The zero-order valence-corrected chi connectivity index (χ0v) is 16.4. The third-order valence-corrected chi connectivity index (χ3v) is 5.80. The van der Waals surface area contributed by atoms with Crippen molar-refractivity contribution < 1.29 is 13.2 Å². The Morgan fingerprint density at radius 2 is 1.65 bits per heavy atom. The molecule has 0 bridgehead atoms. The lowest BCUT2D eigenvalue weighted by Gasteiger charge is -2.20. The zero-order chi connectivity index (χ0) is 18.6. The Labute approximate surface area is 161 Å². The minimum atomic E-state index is -3.85. The molecule has 0 aliphatic carbocycles. The van der Waals surface area contributed by atoms with Crippen LogP contribution in [0, 0.1) is 0 Å². The van der Waals surface area contributed by atoms with Crippen molar-refractivity contribution in [3.63, 3.8) is 0 Å². The molecule has 26 heavy (non-hydrogen) atoms. The number of methoxy groups -OCH3 is 1. The molecule has 1 atom stereocenters. The molecule has 0 aliphatic rings. The lowest BCUT2D eigenvalue weighted by Crippen LogP contribution is -2.29. The van der Waals surface area contributed by atoms with Gasteiger partial charge in [-0.05, 0) is 41.5 Å². The van der Waals surface area contributed by atoms with Gasteiger partial charge in [0, 0.05) is 16.9 Å². The Hall–Kier alpha value is -2.22. The number of hydrogen-bond donors (Lipinski definition) is 1. The van der Waals surface area contributed by atoms with Crippen molar-refractivity contribution in [3.05, 3.63) is 88.7 Å². The van der Waals surface area contributed by atoms with Gasteiger partial charge in [-0.1, -0.05) is 46.3 Å². The first-order valence-electron chi connectivity index (χ1n) is 7.82. The molecule has 2 aromatic carbocycles. The quantitative estimate of drug-likeness (QED) is 0.640. The normalized spacial score (nSPS) is 12.5. The number of hydrogen-bond acceptors (Lipinski definition) is 4. The minimum Gasteiger partial charge on any atom is -0.495 e. The fourth-order valence-corrected chi connectivity index (χ4v) is 4.53. The predicted octanol–water partition coefficient (Wildman–Crippen LogP) is 3.92. The van der Waals surface area contributed by atoms with Gasteiger partial charge in [-0.15, -0.1) is 0 Å². The molecule has 0 saturated heterocycles. The number of benzene rings is 2. The van der Waals surface area contributed by atoms with E-state index in [9.17, 15) is 8.42 Å². The van der Waals surface area contributed by atoms with E-state index in [0.29, 0.717) is 4.47 Å². The van der Waals surface area contributed by atoms with Crippen molar-refractivity contribution in [3.8, 4) is 5.75 Å². The molecule has 3 rings (SSSR count). The SMILES string of the molecule is COc1ccc(Br)cc1S(=O)(=O)NC(c1ccccc1)c1ccncc1. The molecule has 1 unspecified atom stereocenters. The molecule has 1 heterocycles. The highest BCUT2D eigenvalue weighted by Crippen LogP contribution is 2.30. The first-order chi connectivity index (χ1) is 12.5. The van der Waals surface area contributed by atoms with Gasteiger partial charge >= 0.3 is 0 Å². The van der Waals surface area contributed by atoms with Crippen molar-refractivity contribution in [2.75, 3.05) is 7.11 Å². The van der Waals surface area contributed by atoms with Crippen molar-refractivity contribution in [2.45, 2.75) is 10.9 Å². The maximum absolute atomic E-state index is 13.1. The number of halogens is 1. The number of pyridine rings is 1. The molecule has 0 amide bonds. The fraction of sp³-hybridized carbons (Fsp3) is 0.105. The van der Waals surface area contributed by atoms with Crippen LogP contribution in [-0.4, -0.2) is 20.5 Å². The maximum Gasteiger partial charge on any atom is 0.245 e. The summed E-state index contributed by atoms with van der Waals surface area (Å²) in [5.74, 6) is 0.280.